The minimum Gasteiger partial charge on any atom is -0.332 e. The third-order valence-electron chi connectivity index (χ3n) is 3.28. The maximum atomic E-state index is 12.0. The van der Waals surface area contributed by atoms with Gasteiger partial charge in [-0.3, -0.25) is 4.79 Å². The van der Waals surface area contributed by atoms with E-state index in [2.05, 4.69) is 44.9 Å². The molecule has 1 amide bonds. The lowest BCUT2D eigenvalue weighted by Gasteiger charge is -2.03. The summed E-state index contributed by atoms with van der Waals surface area (Å²) in [6, 6.07) is 8.25. The lowest BCUT2D eigenvalue weighted by atomic mass is 10.1. The molecule has 2 aromatic heterocycles. The van der Waals surface area contributed by atoms with Gasteiger partial charge in [0.1, 0.15) is 5.01 Å². The van der Waals surface area contributed by atoms with Crippen LogP contribution in [0.1, 0.15) is 23.2 Å². The Balaban J connectivity index is 1.57. The van der Waals surface area contributed by atoms with Gasteiger partial charge in [-0.25, -0.2) is 4.98 Å². The van der Waals surface area contributed by atoms with Crippen molar-refractivity contribution in [2.24, 2.45) is 0 Å². The fraction of sp³-hybridized carbons (Fsp3) is 0.250. The van der Waals surface area contributed by atoms with Gasteiger partial charge in [0, 0.05) is 11.1 Å². The standard InChI is InChI=1S/C16H17N5OS2/c1-3-11-4-6-12(7-5-11)17-15-18-13(9-23-15)8-14(22)19-16-21-20-10(2)24-16/h4-7,9H,3,8H2,1-2H3,(H,17,18)(H,19,21,22). The van der Waals surface area contributed by atoms with E-state index in [-0.39, 0.29) is 12.3 Å². The molecule has 24 heavy (non-hydrogen) atoms. The van der Waals surface area contributed by atoms with Crippen molar-refractivity contribution in [2.45, 2.75) is 26.7 Å². The number of carbonyl (C=O) groups is 1. The van der Waals surface area contributed by atoms with Crippen LogP contribution in [-0.2, 0) is 17.6 Å². The Hall–Kier alpha value is -2.32. The summed E-state index contributed by atoms with van der Waals surface area (Å²) in [5.74, 6) is -0.143. The van der Waals surface area contributed by atoms with Gasteiger partial charge in [-0.05, 0) is 31.0 Å². The van der Waals surface area contributed by atoms with E-state index in [1.165, 1.54) is 28.2 Å². The summed E-state index contributed by atoms with van der Waals surface area (Å²) in [5.41, 5.74) is 3.01. The Kier molecular flexibility index (Phi) is 5.17. The Morgan fingerprint density at radius 2 is 1.96 bits per heavy atom. The summed E-state index contributed by atoms with van der Waals surface area (Å²) in [5, 5.41) is 17.7. The molecule has 0 radical (unpaired) electrons. The molecule has 0 bridgehead atoms. The highest BCUT2D eigenvalue weighted by molar-refractivity contribution is 7.15. The zero-order valence-electron chi connectivity index (χ0n) is 13.4. The quantitative estimate of drug-likeness (QED) is 0.700. The maximum absolute atomic E-state index is 12.0. The lowest BCUT2D eigenvalue weighted by molar-refractivity contribution is -0.115. The maximum Gasteiger partial charge on any atom is 0.232 e. The van der Waals surface area contributed by atoms with Crippen molar-refractivity contribution < 1.29 is 4.79 Å². The third-order valence-corrected chi connectivity index (χ3v) is 4.84. The van der Waals surface area contributed by atoms with Crippen LogP contribution in [0.4, 0.5) is 16.0 Å². The molecule has 1 aromatic carbocycles. The van der Waals surface area contributed by atoms with Gasteiger partial charge < -0.3 is 10.6 Å². The number of hydrogen-bond acceptors (Lipinski definition) is 7. The Morgan fingerprint density at radius 3 is 2.62 bits per heavy atom. The molecule has 0 saturated heterocycles. The van der Waals surface area contributed by atoms with E-state index in [9.17, 15) is 4.79 Å². The van der Waals surface area contributed by atoms with Crippen molar-refractivity contribution in [1.82, 2.24) is 15.2 Å². The van der Waals surface area contributed by atoms with E-state index >= 15 is 0 Å². The molecule has 8 heteroatoms. The van der Waals surface area contributed by atoms with Crippen LogP contribution in [0.3, 0.4) is 0 Å². The predicted octanol–water partition coefficient (Wildman–Crippen LogP) is 3.79. The number of rotatable bonds is 6. The monoisotopic (exact) mass is 359 g/mol. The zero-order valence-corrected chi connectivity index (χ0v) is 15.0. The molecule has 0 unspecified atom stereocenters. The fourth-order valence-electron chi connectivity index (χ4n) is 2.07. The van der Waals surface area contributed by atoms with Crippen molar-refractivity contribution in [1.29, 1.82) is 0 Å². The molecule has 0 aliphatic carbocycles. The largest absolute Gasteiger partial charge is 0.332 e. The van der Waals surface area contributed by atoms with Gasteiger partial charge >= 0.3 is 0 Å². The average molecular weight is 359 g/mol. The number of aryl methyl sites for hydroxylation is 2. The van der Waals surface area contributed by atoms with E-state index in [0.717, 1.165) is 27.9 Å². The number of thiazole rings is 1. The number of nitrogens with zero attached hydrogens (tertiary/aromatic N) is 3. The van der Waals surface area contributed by atoms with Crippen LogP contribution in [0, 0.1) is 6.92 Å². The molecule has 0 aliphatic heterocycles. The third kappa shape index (κ3) is 4.36. The van der Waals surface area contributed by atoms with E-state index in [0.29, 0.717) is 5.13 Å². The zero-order chi connectivity index (χ0) is 16.9. The molecule has 124 valence electrons. The van der Waals surface area contributed by atoms with Gasteiger partial charge in [-0.2, -0.15) is 0 Å². The van der Waals surface area contributed by atoms with Crippen LogP contribution >= 0.6 is 22.7 Å². The number of nitrogens with one attached hydrogen (secondary N) is 2. The first-order valence-electron chi connectivity index (χ1n) is 7.52. The minimum atomic E-state index is -0.143. The molecule has 0 fully saturated rings. The van der Waals surface area contributed by atoms with Crippen molar-refractivity contribution >= 4 is 44.5 Å². The summed E-state index contributed by atoms with van der Waals surface area (Å²) in [6.07, 6.45) is 1.23. The Bertz CT molecular complexity index is 825. The van der Waals surface area contributed by atoms with E-state index in [1.54, 1.807) is 0 Å². The second-order valence-corrected chi connectivity index (χ2v) is 7.21. The fourth-order valence-corrected chi connectivity index (χ4v) is 3.41. The number of amides is 1. The molecule has 0 aliphatic rings. The van der Waals surface area contributed by atoms with E-state index in [1.807, 2.05) is 24.4 Å². The number of benzene rings is 1. The minimum absolute atomic E-state index is 0.143. The smallest absolute Gasteiger partial charge is 0.232 e. The summed E-state index contributed by atoms with van der Waals surface area (Å²) in [6.45, 7) is 3.97. The van der Waals surface area contributed by atoms with Crippen molar-refractivity contribution in [3.8, 4) is 0 Å². The number of aromatic nitrogens is 3. The van der Waals surface area contributed by atoms with Crippen molar-refractivity contribution in [3.05, 3.63) is 45.9 Å². The molecule has 0 atom stereocenters. The highest BCUT2D eigenvalue weighted by Gasteiger charge is 2.10. The second kappa shape index (κ2) is 7.50. The molecule has 3 aromatic rings. The second-order valence-electron chi connectivity index (χ2n) is 5.17. The van der Waals surface area contributed by atoms with Crippen LogP contribution in [-0.4, -0.2) is 21.1 Å². The topological polar surface area (TPSA) is 79.8 Å². The number of anilines is 3. The van der Waals surface area contributed by atoms with Crippen molar-refractivity contribution in [3.63, 3.8) is 0 Å². The first-order chi connectivity index (χ1) is 11.6. The van der Waals surface area contributed by atoms with Gasteiger partial charge in [-0.15, -0.1) is 21.5 Å². The van der Waals surface area contributed by atoms with Crippen LogP contribution in [0.5, 0.6) is 0 Å². The molecular formula is C16H17N5OS2. The summed E-state index contributed by atoms with van der Waals surface area (Å²) < 4.78 is 0. The molecular weight excluding hydrogens is 342 g/mol. The molecule has 6 nitrogen and oxygen atoms in total. The van der Waals surface area contributed by atoms with Gasteiger partial charge in [0.25, 0.3) is 0 Å². The normalized spacial score (nSPS) is 10.6. The van der Waals surface area contributed by atoms with Crippen LogP contribution in [0.2, 0.25) is 0 Å². The molecule has 2 heterocycles. The van der Waals surface area contributed by atoms with Gasteiger partial charge in [0.15, 0.2) is 5.13 Å². The highest BCUT2D eigenvalue weighted by Crippen LogP contribution is 2.22. The molecule has 0 spiro atoms. The summed E-state index contributed by atoms with van der Waals surface area (Å²) >= 11 is 2.83. The van der Waals surface area contributed by atoms with Gasteiger partial charge in [0.05, 0.1) is 12.1 Å². The predicted molar refractivity (Wildman–Crippen MR) is 98.2 cm³/mol. The first-order valence-corrected chi connectivity index (χ1v) is 9.22. The van der Waals surface area contributed by atoms with Crippen LogP contribution in [0.15, 0.2) is 29.6 Å². The first kappa shape index (κ1) is 16.5. The molecule has 2 N–H and O–H groups in total. The average Bonchev–Trinajstić information content (AvgIpc) is 3.17. The van der Waals surface area contributed by atoms with Crippen LogP contribution < -0.4 is 10.6 Å². The summed E-state index contributed by atoms with van der Waals surface area (Å²) in [4.78, 5) is 16.5. The number of hydrogen-bond donors (Lipinski definition) is 2. The SMILES string of the molecule is CCc1ccc(Nc2nc(CC(=O)Nc3nnc(C)s3)cs2)cc1. The van der Waals surface area contributed by atoms with E-state index < -0.39 is 0 Å². The summed E-state index contributed by atoms with van der Waals surface area (Å²) in [7, 11) is 0. The van der Waals surface area contributed by atoms with E-state index in [4.69, 9.17) is 0 Å². The van der Waals surface area contributed by atoms with Crippen molar-refractivity contribution in [2.75, 3.05) is 10.6 Å². The molecule has 3 rings (SSSR count). The lowest BCUT2D eigenvalue weighted by Crippen LogP contribution is -2.14. The molecule has 0 saturated carbocycles. The highest BCUT2D eigenvalue weighted by atomic mass is 32.1. The Labute approximate surface area is 148 Å². The number of carbonyl (C=O) groups excluding carboxylic acids is 1. The Morgan fingerprint density at radius 1 is 1.17 bits per heavy atom. The van der Waals surface area contributed by atoms with Gasteiger partial charge in [-0.1, -0.05) is 30.4 Å². The van der Waals surface area contributed by atoms with Crippen LogP contribution in [0.25, 0.3) is 0 Å². The van der Waals surface area contributed by atoms with Gasteiger partial charge in [0.2, 0.25) is 11.0 Å².